The van der Waals surface area contributed by atoms with E-state index >= 15 is 0 Å². The van der Waals surface area contributed by atoms with Crippen molar-refractivity contribution in [2.24, 2.45) is 0 Å². The van der Waals surface area contributed by atoms with Crippen molar-refractivity contribution >= 4 is 47.0 Å². The van der Waals surface area contributed by atoms with Crippen LogP contribution in [0.25, 0.3) is 6.08 Å². The van der Waals surface area contributed by atoms with Gasteiger partial charge in [0.25, 0.3) is 5.91 Å². The molecule has 8 nitrogen and oxygen atoms in total. The summed E-state index contributed by atoms with van der Waals surface area (Å²) in [6.07, 6.45) is 2.85. The van der Waals surface area contributed by atoms with Gasteiger partial charge in [-0.1, -0.05) is 34.4 Å². The molecule has 1 aromatic carbocycles. The minimum atomic E-state index is -0.662. The summed E-state index contributed by atoms with van der Waals surface area (Å²) >= 11 is 12.5. The van der Waals surface area contributed by atoms with Crippen LogP contribution in [0.4, 0.5) is 5.88 Å². The maximum Gasteiger partial charge on any atom is 0.331 e. The predicted molar refractivity (Wildman–Crippen MR) is 117 cm³/mol. The lowest BCUT2D eigenvalue weighted by Gasteiger charge is -2.09. The second-order valence-electron chi connectivity index (χ2n) is 6.76. The van der Waals surface area contributed by atoms with Crippen LogP contribution < -0.4 is 5.32 Å². The summed E-state index contributed by atoms with van der Waals surface area (Å²) in [5.74, 6) is -1.01. The van der Waals surface area contributed by atoms with Crippen molar-refractivity contribution < 1.29 is 18.8 Å². The van der Waals surface area contributed by atoms with Crippen LogP contribution in [0.1, 0.15) is 28.2 Å². The SMILES string of the molecule is Cc1cc(NC(=O)COC(=O)/C=C/c2c(C)nn(Cc3c(Cl)cccc3Cl)c2C)on1. The van der Waals surface area contributed by atoms with Gasteiger partial charge in [-0.15, -0.1) is 0 Å². The highest BCUT2D eigenvalue weighted by Crippen LogP contribution is 2.26. The zero-order chi connectivity index (χ0) is 22.5. The number of benzene rings is 1. The number of carbonyl (C=O) groups excluding carboxylic acids is 2. The topological polar surface area (TPSA) is 99.2 Å². The maximum absolute atomic E-state index is 12.0. The van der Waals surface area contributed by atoms with Crippen LogP contribution >= 0.6 is 23.2 Å². The Morgan fingerprint density at radius 2 is 1.94 bits per heavy atom. The number of hydrogen-bond acceptors (Lipinski definition) is 6. The van der Waals surface area contributed by atoms with Crippen LogP contribution in [-0.4, -0.2) is 33.4 Å². The summed E-state index contributed by atoms with van der Waals surface area (Å²) in [4.78, 5) is 23.8. The van der Waals surface area contributed by atoms with E-state index in [1.165, 1.54) is 6.08 Å². The minimum absolute atomic E-state index is 0.186. The number of anilines is 1. The first-order valence-electron chi connectivity index (χ1n) is 9.29. The molecular formula is C21H20Cl2N4O4. The molecule has 2 aromatic heterocycles. The number of ether oxygens (including phenoxy) is 1. The number of carbonyl (C=O) groups is 2. The van der Waals surface area contributed by atoms with Crippen molar-refractivity contribution in [1.29, 1.82) is 0 Å². The average Bonchev–Trinajstić information content (AvgIpc) is 3.23. The third-order valence-electron chi connectivity index (χ3n) is 4.43. The van der Waals surface area contributed by atoms with Crippen molar-refractivity contribution in [2.75, 3.05) is 11.9 Å². The van der Waals surface area contributed by atoms with E-state index < -0.39 is 18.5 Å². The molecule has 0 bridgehead atoms. The zero-order valence-corrected chi connectivity index (χ0v) is 18.6. The molecule has 0 unspecified atom stereocenters. The molecule has 1 N–H and O–H groups in total. The van der Waals surface area contributed by atoms with E-state index in [1.54, 1.807) is 41.9 Å². The molecule has 0 aliphatic rings. The molecular weight excluding hydrogens is 443 g/mol. The average molecular weight is 463 g/mol. The molecule has 3 rings (SSSR count). The van der Waals surface area contributed by atoms with Gasteiger partial charge >= 0.3 is 5.97 Å². The highest BCUT2D eigenvalue weighted by atomic mass is 35.5. The predicted octanol–water partition coefficient (Wildman–Crippen LogP) is 4.35. The summed E-state index contributed by atoms with van der Waals surface area (Å²) in [5, 5.41) is 11.7. The van der Waals surface area contributed by atoms with Gasteiger partial charge in [-0.2, -0.15) is 5.10 Å². The number of halogens is 2. The van der Waals surface area contributed by atoms with Crippen LogP contribution in [0.2, 0.25) is 10.0 Å². The van der Waals surface area contributed by atoms with Gasteiger partial charge in [-0.25, -0.2) is 4.79 Å². The first-order chi connectivity index (χ1) is 14.7. The lowest BCUT2D eigenvalue weighted by molar-refractivity contribution is -0.142. The van der Waals surface area contributed by atoms with E-state index in [9.17, 15) is 9.59 Å². The fourth-order valence-corrected chi connectivity index (χ4v) is 3.39. The summed E-state index contributed by atoms with van der Waals surface area (Å²) in [6, 6.07) is 6.87. The molecule has 0 fully saturated rings. The summed E-state index contributed by atoms with van der Waals surface area (Å²) in [6.45, 7) is 5.37. The van der Waals surface area contributed by atoms with Gasteiger partial charge in [0.2, 0.25) is 5.88 Å². The van der Waals surface area contributed by atoms with Gasteiger partial charge in [0.1, 0.15) is 0 Å². The normalized spacial score (nSPS) is 11.1. The van der Waals surface area contributed by atoms with Crippen molar-refractivity contribution in [3.05, 3.63) is 68.6 Å². The van der Waals surface area contributed by atoms with E-state index in [0.29, 0.717) is 22.3 Å². The van der Waals surface area contributed by atoms with Crippen molar-refractivity contribution in [2.45, 2.75) is 27.3 Å². The summed E-state index contributed by atoms with van der Waals surface area (Å²) < 4.78 is 11.6. The largest absolute Gasteiger partial charge is 0.452 e. The molecule has 31 heavy (non-hydrogen) atoms. The molecule has 0 aliphatic heterocycles. The Hall–Kier alpha value is -3.10. The van der Waals surface area contributed by atoms with Crippen LogP contribution in [-0.2, 0) is 20.9 Å². The number of nitrogens with zero attached hydrogens (tertiary/aromatic N) is 3. The van der Waals surface area contributed by atoms with E-state index in [4.69, 9.17) is 32.5 Å². The van der Waals surface area contributed by atoms with E-state index in [-0.39, 0.29) is 5.88 Å². The van der Waals surface area contributed by atoms with E-state index in [1.807, 2.05) is 13.8 Å². The van der Waals surface area contributed by atoms with Crippen molar-refractivity contribution in [1.82, 2.24) is 14.9 Å². The molecule has 1 amide bonds. The Balaban J connectivity index is 1.61. The lowest BCUT2D eigenvalue weighted by Crippen LogP contribution is -2.19. The Morgan fingerprint density at radius 3 is 2.58 bits per heavy atom. The Bertz CT molecular complexity index is 1130. The summed E-state index contributed by atoms with van der Waals surface area (Å²) in [7, 11) is 0. The van der Waals surface area contributed by atoms with Crippen LogP contribution in [0, 0.1) is 20.8 Å². The fraction of sp³-hybridized carbons (Fsp3) is 0.238. The number of aromatic nitrogens is 3. The number of esters is 1. The first-order valence-corrected chi connectivity index (χ1v) is 10.0. The number of amides is 1. The number of rotatable bonds is 7. The lowest BCUT2D eigenvalue weighted by atomic mass is 10.1. The standard InChI is InChI=1S/C21H20Cl2N4O4/c1-12-9-20(31-26-12)24-19(28)11-30-21(29)8-7-15-13(2)25-27(14(15)3)10-16-17(22)5-4-6-18(16)23/h4-9H,10-11H2,1-3H3,(H,24,28)/b8-7+. The smallest absolute Gasteiger partial charge is 0.331 e. The highest BCUT2D eigenvalue weighted by molar-refractivity contribution is 6.35. The molecule has 0 aliphatic carbocycles. The van der Waals surface area contributed by atoms with Gasteiger partial charge in [0, 0.05) is 39.0 Å². The summed E-state index contributed by atoms with van der Waals surface area (Å²) in [5.41, 5.74) is 3.71. The molecule has 10 heteroatoms. The number of aryl methyl sites for hydroxylation is 2. The molecule has 0 saturated carbocycles. The highest BCUT2D eigenvalue weighted by Gasteiger charge is 2.14. The molecule has 0 spiro atoms. The van der Waals surface area contributed by atoms with E-state index in [2.05, 4.69) is 15.6 Å². The monoisotopic (exact) mass is 462 g/mol. The Kier molecular flexibility index (Phi) is 7.14. The quantitative estimate of drug-likeness (QED) is 0.413. The first kappa shape index (κ1) is 22.6. The van der Waals surface area contributed by atoms with Crippen LogP contribution in [0.3, 0.4) is 0 Å². The second-order valence-corrected chi connectivity index (χ2v) is 7.58. The Labute approximate surface area is 188 Å². The van der Waals surface area contributed by atoms with Crippen LogP contribution in [0.5, 0.6) is 0 Å². The Morgan fingerprint density at radius 1 is 1.23 bits per heavy atom. The van der Waals surface area contributed by atoms with Gasteiger partial charge < -0.3 is 9.26 Å². The maximum atomic E-state index is 12.0. The molecule has 0 radical (unpaired) electrons. The van der Waals surface area contributed by atoms with Crippen molar-refractivity contribution in [3.8, 4) is 0 Å². The number of hydrogen-bond donors (Lipinski definition) is 1. The fourth-order valence-electron chi connectivity index (χ4n) is 2.87. The number of nitrogens with one attached hydrogen (secondary N) is 1. The zero-order valence-electron chi connectivity index (χ0n) is 17.1. The van der Waals surface area contributed by atoms with Gasteiger partial charge in [-0.05, 0) is 39.0 Å². The van der Waals surface area contributed by atoms with Crippen LogP contribution in [0.15, 0.2) is 34.9 Å². The molecule has 3 aromatic rings. The molecule has 0 atom stereocenters. The molecule has 2 heterocycles. The molecule has 162 valence electrons. The molecule has 0 saturated heterocycles. The third-order valence-corrected chi connectivity index (χ3v) is 5.14. The van der Waals surface area contributed by atoms with Gasteiger partial charge in [-0.3, -0.25) is 14.8 Å². The van der Waals surface area contributed by atoms with Gasteiger partial charge in [0.05, 0.1) is 17.9 Å². The van der Waals surface area contributed by atoms with E-state index in [0.717, 1.165) is 22.5 Å². The van der Waals surface area contributed by atoms with Gasteiger partial charge in [0.15, 0.2) is 6.61 Å². The second kappa shape index (κ2) is 9.80. The third kappa shape index (κ3) is 5.74. The van der Waals surface area contributed by atoms with Crippen molar-refractivity contribution in [3.63, 3.8) is 0 Å². The minimum Gasteiger partial charge on any atom is -0.452 e.